The molecule has 2 aromatic rings. The lowest BCUT2D eigenvalue weighted by molar-refractivity contribution is 0.199. The summed E-state index contributed by atoms with van der Waals surface area (Å²) >= 11 is 0. The monoisotopic (exact) mass is 278 g/mol. The third kappa shape index (κ3) is 2.11. The quantitative estimate of drug-likeness (QED) is 0.855. The van der Waals surface area contributed by atoms with Gasteiger partial charge in [0.25, 0.3) is 0 Å². The number of benzene rings is 1. The zero-order valence-electron chi connectivity index (χ0n) is 11.5. The number of pyridine rings is 1. The summed E-state index contributed by atoms with van der Waals surface area (Å²) in [5.41, 5.74) is 7.70. The van der Waals surface area contributed by atoms with Crippen molar-refractivity contribution >= 4 is 22.8 Å². The lowest BCUT2D eigenvalue weighted by atomic mass is 10.0. The molecule has 104 valence electrons. The van der Waals surface area contributed by atoms with E-state index in [4.69, 9.17) is 12.2 Å². The molecule has 1 aromatic heterocycles. The minimum Gasteiger partial charge on any atom is -0.385 e. The van der Waals surface area contributed by atoms with Gasteiger partial charge in [-0.05, 0) is 30.7 Å². The summed E-state index contributed by atoms with van der Waals surface area (Å²) in [6.07, 6.45) is 7.18. The standard InChI is InChI=1S/C16H14N4O/c1-3-10(2)20-14(15(17)19-16(20)21)12-6-7-13-11(9-12)5-4-8-18-13/h1,4-10,14H,2H3,(H2,17,19,21). The molecular formula is C16H14N4O. The second-order valence-electron chi connectivity index (χ2n) is 4.93. The number of hydrogen-bond donors (Lipinski definition) is 1. The minimum atomic E-state index is -0.423. The Labute approximate surface area is 122 Å². The van der Waals surface area contributed by atoms with Gasteiger partial charge in [-0.25, -0.2) is 4.79 Å². The second-order valence-corrected chi connectivity index (χ2v) is 4.93. The summed E-state index contributed by atoms with van der Waals surface area (Å²) in [7, 11) is 0. The van der Waals surface area contributed by atoms with Crippen LogP contribution in [-0.2, 0) is 0 Å². The maximum atomic E-state index is 12.0. The van der Waals surface area contributed by atoms with Crippen molar-refractivity contribution in [2.45, 2.75) is 19.0 Å². The molecule has 0 saturated carbocycles. The van der Waals surface area contributed by atoms with Crippen molar-refractivity contribution in [1.29, 1.82) is 0 Å². The molecule has 5 heteroatoms. The smallest absolute Gasteiger partial charge is 0.347 e. The number of hydrogen-bond acceptors (Lipinski definition) is 3. The molecule has 1 aliphatic heterocycles. The van der Waals surface area contributed by atoms with E-state index < -0.39 is 12.1 Å². The Morgan fingerprint density at radius 2 is 2.24 bits per heavy atom. The van der Waals surface area contributed by atoms with E-state index in [2.05, 4.69) is 15.9 Å². The molecule has 0 bridgehead atoms. The number of fused-ring (bicyclic) bond motifs is 1. The van der Waals surface area contributed by atoms with Crippen molar-refractivity contribution in [2.24, 2.45) is 10.7 Å². The van der Waals surface area contributed by atoms with Crippen molar-refractivity contribution in [2.75, 3.05) is 0 Å². The first-order valence-electron chi connectivity index (χ1n) is 6.59. The molecule has 0 radical (unpaired) electrons. The highest BCUT2D eigenvalue weighted by Crippen LogP contribution is 2.30. The Balaban J connectivity index is 2.09. The van der Waals surface area contributed by atoms with Crippen LogP contribution in [0, 0.1) is 12.3 Å². The number of nitrogens with zero attached hydrogens (tertiary/aromatic N) is 3. The number of amides is 2. The molecule has 3 rings (SSSR count). The fourth-order valence-corrected chi connectivity index (χ4v) is 2.55. The van der Waals surface area contributed by atoms with Crippen LogP contribution in [0.3, 0.4) is 0 Å². The molecule has 0 saturated heterocycles. The van der Waals surface area contributed by atoms with E-state index in [9.17, 15) is 4.79 Å². The minimum absolute atomic E-state index is 0.269. The number of aliphatic imine (C=N–C) groups is 1. The SMILES string of the molecule is C#CC(C)N1C(=O)N=C(N)C1c1ccc2ncccc2c1. The molecule has 5 nitrogen and oxygen atoms in total. The van der Waals surface area contributed by atoms with Crippen molar-refractivity contribution in [3.63, 3.8) is 0 Å². The van der Waals surface area contributed by atoms with E-state index >= 15 is 0 Å². The van der Waals surface area contributed by atoms with Crippen LogP contribution in [0.2, 0.25) is 0 Å². The highest BCUT2D eigenvalue weighted by atomic mass is 16.2. The average Bonchev–Trinajstić information content (AvgIpc) is 2.80. The first-order chi connectivity index (χ1) is 10.1. The van der Waals surface area contributed by atoms with Gasteiger partial charge in [-0.1, -0.05) is 18.1 Å². The molecule has 0 spiro atoms. The van der Waals surface area contributed by atoms with E-state index in [1.807, 2.05) is 30.3 Å². The van der Waals surface area contributed by atoms with E-state index in [-0.39, 0.29) is 11.9 Å². The zero-order chi connectivity index (χ0) is 15.0. The highest BCUT2D eigenvalue weighted by molar-refractivity contribution is 6.04. The van der Waals surface area contributed by atoms with Crippen LogP contribution in [0.25, 0.3) is 10.9 Å². The van der Waals surface area contributed by atoms with Gasteiger partial charge in [-0.3, -0.25) is 9.88 Å². The van der Waals surface area contributed by atoms with Crippen molar-refractivity contribution in [1.82, 2.24) is 9.88 Å². The molecule has 21 heavy (non-hydrogen) atoms. The Morgan fingerprint density at radius 3 is 3.00 bits per heavy atom. The summed E-state index contributed by atoms with van der Waals surface area (Å²) in [5, 5.41) is 0.982. The van der Waals surface area contributed by atoms with Gasteiger partial charge in [-0.15, -0.1) is 6.42 Å². The number of amidine groups is 1. The number of nitrogens with two attached hydrogens (primary N) is 1. The first kappa shape index (κ1) is 13.1. The largest absolute Gasteiger partial charge is 0.385 e. The molecule has 2 amide bonds. The zero-order valence-corrected chi connectivity index (χ0v) is 11.5. The molecular weight excluding hydrogens is 264 g/mol. The number of urea groups is 1. The van der Waals surface area contributed by atoms with Crippen LogP contribution in [-0.4, -0.2) is 27.8 Å². The lowest BCUT2D eigenvalue weighted by Gasteiger charge is -2.27. The third-order valence-corrected chi connectivity index (χ3v) is 3.61. The Morgan fingerprint density at radius 1 is 1.43 bits per heavy atom. The van der Waals surface area contributed by atoms with Gasteiger partial charge in [0.1, 0.15) is 11.9 Å². The van der Waals surface area contributed by atoms with Crippen LogP contribution in [0.15, 0.2) is 41.5 Å². The summed E-state index contributed by atoms with van der Waals surface area (Å²) < 4.78 is 0. The van der Waals surface area contributed by atoms with Gasteiger partial charge in [-0.2, -0.15) is 4.99 Å². The normalized spacial score (nSPS) is 19.4. The van der Waals surface area contributed by atoms with Gasteiger partial charge < -0.3 is 5.73 Å². The summed E-state index contributed by atoms with van der Waals surface area (Å²) in [5.74, 6) is 2.83. The van der Waals surface area contributed by atoms with Crippen LogP contribution >= 0.6 is 0 Å². The summed E-state index contributed by atoms with van der Waals surface area (Å²) in [4.78, 5) is 21.6. The lowest BCUT2D eigenvalue weighted by Crippen LogP contribution is -2.38. The maximum Gasteiger partial charge on any atom is 0.347 e. The fourth-order valence-electron chi connectivity index (χ4n) is 2.55. The van der Waals surface area contributed by atoms with Gasteiger partial charge in [0.05, 0.1) is 11.6 Å². The average molecular weight is 278 g/mol. The Kier molecular flexibility index (Phi) is 3.07. The highest BCUT2D eigenvalue weighted by Gasteiger charge is 2.37. The predicted molar refractivity (Wildman–Crippen MR) is 81.6 cm³/mol. The molecule has 2 N–H and O–H groups in total. The maximum absolute atomic E-state index is 12.0. The van der Waals surface area contributed by atoms with Crippen molar-refractivity contribution in [3.8, 4) is 12.3 Å². The molecule has 2 unspecified atom stereocenters. The molecule has 1 aromatic carbocycles. The van der Waals surface area contributed by atoms with E-state index in [0.29, 0.717) is 0 Å². The number of carbonyl (C=O) groups excluding carboxylic acids is 1. The van der Waals surface area contributed by atoms with Crippen molar-refractivity contribution < 1.29 is 4.79 Å². The van der Waals surface area contributed by atoms with Crippen LogP contribution < -0.4 is 5.73 Å². The third-order valence-electron chi connectivity index (χ3n) is 3.61. The van der Waals surface area contributed by atoms with E-state index in [1.165, 1.54) is 4.90 Å². The number of rotatable bonds is 2. The predicted octanol–water partition coefficient (Wildman–Crippen LogP) is 2.09. The van der Waals surface area contributed by atoms with Gasteiger partial charge in [0.15, 0.2) is 0 Å². The van der Waals surface area contributed by atoms with E-state index in [0.717, 1.165) is 16.5 Å². The topological polar surface area (TPSA) is 71.6 Å². The Bertz CT molecular complexity index is 790. The number of aromatic nitrogens is 1. The van der Waals surface area contributed by atoms with Gasteiger partial charge in [0, 0.05) is 11.6 Å². The second kappa shape index (κ2) is 4.91. The van der Waals surface area contributed by atoms with Gasteiger partial charge >= 0.3 is 6.03 Å². The van der Waals surface area contributed by atoms with Gasteiger partial charge in [0.2, 0.25) is 0 Å². The summed E-state index contributed by atoms with van der Waals surface area (Å²) in [6.45, 7) is 1.78. The fraction of sp³-hybridized carbons (Fsp3) is 0.188. The first-order valence-corrected chi connectivity index (χ1v) is 6.59. The molecule has 0 aliphatic carbocycles. The van der Waals surface area contributed by atoms with Crippen molar-refractivity contribution in [3.05, 3.63) is 42.1 Å². The molecule has 0 fully saturated rings. The Hall–Kier alpha value is -2.87. The number of carbonyl (C=O) groups is 1. The number of terminal acetylenes is 1. The van der Waals surface area contributed by atoms with E-state index in [1.54, 1.807) is 13.1 Å². The summed E-state index contributed by atoms with van der Waals surface area (Å²) in [6, 6.07) is 8.40. The van der Waals surface area contributed by atoms with Crippen LogP contribution in [0.5, 0.6) is 0 Å². The molecule has 1 aliphatic rings. The van der Waals surface area contributed by atoms with Crippen LogP contribution in [0.4, 0.5) is 4.79 Å². The molecule has 2 heterocycles. The molecule has 2 atom stereocenters. The van der Waals surface area contributed by atoms with Crippen LogP contribution in [0.1, 0.15) is 18.5 Å².